The zero-order valence-corrected chi connectivity index (χ0v) is 52.3. The number of anilines is 3. The third-order valence-corrected chi connectivity index (χ3v) is 12.6. The molecule has 23 nitrogen and oxygen atoms in total. The smallest absolute Gasteiger partial charge is 0.303 e. The first-order valence-corrected chi connectivity index (χ1v) is 28.2. The van der Waals surface area contributed by atoms with E-state index in [1.807, 2.05) is 48.5 Å². The highest BCUT2D eigenvalue weighted by atomic mass is 35.5. The number of halogens is 1. The minimum Gasteiger partial charge on any atom is -0.497 e. The first kappa shape index (κ1) is 74.9. The molecule has 4 aromatic heterocycles. The number of carbonyl (C=O) groups is 7. The summed E-state index contributed by atoms with van der Waals surface area (Å²) in [6.07, 6.45) is 6.77. The van der Waals surface area contributed by atoms with Gasteiger partial charge in [-0.15, -0.1) is 0 Å². The fourth-order valence-electron chi connectivity index (χ4n) is 8.01. The maximum absolute atomic E-state index is 12.3. The van der Waals surface area contributed by atoms with Crippen molar-refractivity contribution in [1.82, 2.24) is 4.90 Å². The van der Waals surface area contributed by atoms with E-state index < -0.39 is 47.4 Å². The Balaban J connectivity index is 0.000000292. The highest BCUT2D eigenvalue weighted by molar-refractivity contribution is 6.64. The topological polar surface area (TPSA) is 285 Å². The minimum absolute atomic E-state index is 0. The van der Waals surface area contributed by atoms with Crippen LogP contribution in [0.3, 0.4) is 0 Å². The summed E-state index contributed by atoms with van der Waals surface area (Å²) in [4.78, 5) is 86.3. The number of ether oxygens (including phenoxy) is 7. The van der Waals surface area contributed by atoms with Crippen molar-refractivity contribution in [2.45, 2.75) is 73.3 Å². The van der Waals surface area contributed by atoms with E-state index in [1.165, 1.54) is 59.2 Å². The number of rotatable bonds is 18. The summed E-state index contributed by atoms with van der Waals surface area (Å²) in [7, 11) is 6.42. The van der Waals surface area contributed by atoms with Crippen LogP contribution in [-0.4, -0.2) is 119 Å². The van der Waals surface area contributed by atoms with E-state index in [9.17, 15) is 33.6 Å². The van der Waals surface area contributed by atoms with Gasteiger partial charge in [-0.2, -0.15) is 0 Å². The third kappa shape index (κ3) is 24.6. The lowest BCUT2D eigenvalue weighted by molar-refractivity contribution is -0.161. The number of esters is 3. The van der Waals surface area contributed by atoms with Gasteiger partial charge < -0.3 is 61.5 Å². The second kappa shape index (κ2) is 40.2. The molecule has 2 fully saturated rings. The third-order valence-electron chi connectivity index (χ3n) is 12.5. The van der Waals surface area contributed by atoms with E-state index in [0.29, 0.717) is 46.4 Å². The Morgan fingerprint density at radius 1 is 0.538 bits per heavy atom. The molecule has 24 heteroatoms. The van der Waals surface area contributed by atoms with Gasteiger partial charge in [0, 0.05) is 37.8 Å². The number of amides is 2. The normalized spacial score (nSPS) is 14.7. The molecule has 0 bridgehead atoms. The summed E-state index contributed by atoms with van der Waals surface area (Å²) in [5.74, 6) is 3.27. The number of benzene rings is 4. The Morgan fingerprint density at radius 2 is 0.901 bits per heavy atom. The van der Waals surface area contributed by atoms with Crippen LogP contribution in [0.2, 0.25) is 0 Å². The SMILES string of the molecule is C.CC(=O)OCC(=O)Cl.CCN(CC)CC.COc1ccc(N)cc1.COc1ccc(N2C(=O)[C@H](OC(C)=O)[C@@H]2c2ccco2)cc1.COc1ccc(N2C(=O)[C@H](OC(C)=O)[C@@H]2c2ccco2)cc1.COc1ccc(N=Cc2ccco2)cc1.O=Cc1ccco1. The van der Waals surface area contributed by atoms with Crippen molar-refractivity contribution in [2.75, 3.05) is 70.2 Å². The zero-order valence-electron chi connectivity index (χ0n) is 51.6. The molecule has 10 rings (SSSR count). The predicted molar refractivity (Wildman–Crippen MR) is 343 cm³/mol. The van der Waals surface area contributed by atoms with Gasteiger partial charge in [-0.05, 0) is 177 Å². The molecule has 2 N–H and O–H groups in total. The van der Waals surface area contributed by atoms with Gasteiger partial charge in [-0.3, -0.25) is 48.4 Å². The van der Waals surface area contributed by atoms with Crippen LogP contribution in [0.25, 0.3) is 0 Å². The van der Waals surface area contributed by atoms with Crippen LogP contribution in [0, 0.1) is 0 Å². The number of aldehydes is 1. The lowest BCUT2D eigenvalue weighted by atomic mass is 9.94. The molecule has 6 heterocycles. The number of carbonyl (C=O) groups excluding carboxylic acids is 7. The van der Waals surface area contributed by atoms with E-state index in [0.717, 1.165) is 28.6 Å². The zero-order chi connectivity index (χ0) is 66.0. The minimum atomic E-state index is -0.856. The second-order valence-corrected chi connectivity index (χ2v) is 18.8. The summed E-state index contributed by atoms with van der Waals surface area (Å²) in [5.41, 5.74) is 8.43. The summed E-state index contributed by atoms with van der Waals surface area (Å²) in [6.45, 7) is 13.6. The Bertz CT molecular complexity index is 3250. The fraction of sp³-hybridized carbons (Fsp3) is 0.284. The van der Waals surface area contributed by atoms with Crippen LogP contribution in [0.1, 0.15) is 88.9 Å². The van der Waals surface area contributed by atoms with Crippen LogP contribution in [0.5, 0.6) is 23.0 Å². The lowest BCUT2D eigenvalue weighted by Crippen LogP contribution is -2.60. The number of methoxy groups -OCH3 is 4. The number of nitrogens with zero attached hydrogens (tertiary/aromatic N) is 4. The maximum atomic E-state index is 12.3. The monoisotopic (exact) mass is 1280 g/mol. The quantitative estimate of drug-likeness (QED) is 0.0159. The van der Waals surface area contributed by atoms with E-state index >= 15 is 0 Å². The Hall–Kier alpha value is -10.4. The predicted octanol–water partition coefficient (Wildman–Crippen LogP) is 12.3. The van der Waals surface area contributed by atoms with Gasteiger partial charge in [0.1, 0.15) is 52.4 Å². The molecular weight excluding hydrogens is 1200 g/mol. The molecule has 486 valence electrons. The first-order valence-electron chi connectivity index (χ1n) is 27.8. The van der Waals surface area contributed by atoms with Crippen molar-refractivity contribution in [3.63, 3.8) is 0 Å². The molecule has 2 aliphatic rings. The van der Waals surface area contributed by atoms with Gasteiger partial charge in [0.15, 0.2) is 18.7 Å². The number of hydrogen-bond acceptors (Lipinski definition) is 21. The largest absolute Gasteiger partial charge is 0.497 e. The summed E-state index contributed by atoms with van der Waals surface area (Å²) in [5, 5.41) is -0.666. The number of nitrogen functional groups attached to an aromatic ring is 1. The molecule has 8 aromatic rings. The van der Waals surface area contributed by atoms with Gasteiger partial charge in [-0.25, -0.2) is 0 Å². The first-order chi connectivity index (χ1) is 43.3. The number of hydrogen-bond donors (Lipinski definition) is 1. The molecular formula is C67H78ClN5O18. The number of furan rings is 4. The van der Waals surface area contributed by atoms with Crippen molar-refractivity contribution in [3.8, 4) is 23.0 Å². The van der Waals surface area contributed by atoms with E-state index in [1.54, 1.807) is 148 Å². The van der Waals surface area contributed by atoms with Crippen LogP contribution < -0.4 is 34.5 Å². The van der Waals surface area contributed by atoms with E-state index in [2.05, 4.69) is 39.8 Å². The Morgan fingerprint density at radius 3 is 1.18 bits per heavy atom. The van der Waals surface area contributed by atoms with E-state index in [4.69, 9.17) is 59.0 Å². The van der Waals surface area contributed by atoms with Crippen molar-refractivity contribution in [3.05, 3.63) is 194 Å². The number of nitrogens with two attached hydrogens (primary N) is 1. The van der Waals surface area contributed by atoms with Crippen molar-refractivity contribution in [2.24, 2.45) is 4.99 Å². The van der Waals surface area contributed by atoms with Crippen LogP contribution in [0.4, 0.5) is 22.7 Å². The number of β-lactam (4-membered cyclic amide) rings is 2. The molecule has 0 radical (unpaired) electrons. The molecule has 2 saturated heterocycles. The molecule has 91 heavy (non-hydrogen) atoms. The van der Waals surface area contributed by atoms with Crippen LogP contribution in [0.15, 0.2) is 193 Å². The molecule has 0 saturated carbocycles. The molecule has 0 aliphatic carbocycles. The highest BCUT2D eigenvalue weighted by Crippen LogP contribution is 2.43. The molecule has 2 aliphatic heterocycles. The van der Waals surface area contributed by atoms with Gasteiger partial charge >= 0.3 is 17.9 Å². The Kier molecular flexibility index (Phi) is 33.1. The summed E-state index contributed by atoms with van der Waals surface area (Å²) in [6, 6.07) is 41.9. The standard InChI is InChI=1S/2C16H15NO5.C12H11NO2.C7H9NO.C6H15N.C5H4O2.C4H5ClO3.CH4/c2*1-10(18)22-15-14(13-4-3-9-21-13)17(16(15)19)11-5-7-12(20-2)8-6-11;1-14-11-6-4-10(5-7-11)13-9-12-3-2-8-15-12;1-9-7-4-2-6(8)3-5-7;1-4-7(5-2)6-3;6-4-5-2-1-3-7-5;1-3(6)8-2-4(5)7;/h2*3-9,14-15H,1-2H3;2-9H,1H3;2-5H,8H2,1H3;4-6H2,1-3H3;1-4H;2H2,1H3;1H4/t2*14-,15+;;;;;;/m00....../s1. The average molecular weight is 1280 g/mol. The van der Waals surface area contributed by atoms with Gasteiger partial charge in [0.25, 0.3) is 17.1 Å². The van der Waals surface area contributed by atoms with Crippen molar-refractivity contribution < 1.29 is 84.4 Å². The molecule has 4 atom stereocenters. The fourth-order valence-corrected chi connectivity index (χ4v) is 8.06. The number of aliphatic imine (C=N–C) groups is 1. The van der Waals surface area contributed by atoms with Crippen molar-refractivity contribution in [1.29, 1.82) is 0 Å². The Labute approximate surface area is 534 Å². The lowest BCUT2D eigenvalue weighted by Gasteiger charge is -2.44. The molecule has 2 amide bonds. The maximum Gasteiger partial charge on any atom is 0.303 e. The summed E-state index contributed by atoms with van der Waals surface area (Å²) < 4.78 is 55.1. The van der Waals surface area contributed by atoms with Gasteiger partial charge in [0.2, 0.25) is 12.2 Å². The van der Waals surface area contributed by atoms with Gasteiger partial charge in [0.05, 0.1) is 65.4 Å². The van der Waals surface area contributed by atoms with E-state index in [-0.39, 0.29) is 25.8 Å². The second-order valence-electron chi connectivity index (χ2n) is 18.4. The molecule has 0 spiro atoms. The van der Waals surface area contributed by atoms with Crippen LogP contribution in [-0.2, 0) is 43.0 Å². The molecule has 4 aromatic carbocycles. The average Bonchev–Trinajstić information content (AvgIpc) is 1.56. The van der Waals surface area contributed by atoms with Crippen LogP contribution >= 0.6 is 11.6 Å². The molecule has 0 unspecified atom stereocenters. The summed E-state index contributed by atoms with van der Waals surface area (Å²) >= 11 is 4.81. The highest BCUT2D eigenvalue weighted by Gasteiger charge is 2.54. The van der Waals surface area contributed by atoms with Crippen molar-refractivity contribution >= 4 is 81.8 Å². The van der Waals surface area contributed by atoms with Gasteiger partial charge in [-0.1, -0.05) is 28.2 Å².